The molecule has 0 aromatic carbocycles. The smallest absolute Gasteiger partial charge is 0.243 e. The molecule has 40 heavy (non-hydrogen) atoms. The van der Waals surface area contributed by atoms with Crippen molar-refractivity contribution in [1.29, 1.82) is 0 Å². The van der Waals surface area contributed by atoms with E-state index in [9.17, 15) is 18.0 Å². The monoisotopic (exact) mass is 600 g/mol. The van der Waals surface area contributed by atoms with E-state index in [1.165, 1.54) is 38.5 Å². The molecule has 0 spiro atoms. The number of fused-ring (bicyclic) bond motifs is 1. The average molecular weight is 601 g/mol. The van der Waals surface area contributed by atoms with Gasteiger partial charge in [-0.15, -0.1) is 10.2 Å². The van der Waals surface area contributed by atoms with E-state index >= 15 is 0 Å². The summed E-state index contributed by atoms with van der Waals surface area (Å²) in [6.45, 7) is 11.6. The molecule has 1 unspecified atom stereocenters. The van der Waals surface area contributed by atoms with Crippen LogP contribution in [0.2, 0.25) is 5.02 Å². The summed E-state index contributed by atoms with van der Waals surface area (Å²) in [4.78, 5) is 26.2. The number of aromatic nitrogens is 4. The van der Waals surface area contributed by atoms with Crippen LogP contribution >= 0.6 is 11.6 Å². The zero-order valence-corrected chi connectivity index (χ0v) is 26.9. The van der Waals surface area contributed by atoms with Gasteiger partial charge < -0.3 is 10.6 Å². The third-order valence-corrected chi connectivity index (χ3v) is 9.39. The lowest BCUT2D eigenvalue weighted by atomic mass is 9.73. The number of halogens is 1. The van der Waals surface area contributed by atoms with Crippen LogP contribution in [0.5, 0.6) is 0 Å². The van der Waals surface area contributed by atoms with Crippen molar-refractivity contribution >= 4 is 38.9 Å². The molecule has 228 valence electrons. The van der Waals surface area contributed by atoms with Gasteiger partial charge in [-0.05, 0) is 33.6 Å². The average Bonchev–Trinajstić information content (AvgIpc) is 3.39. The van der Waals surface area contributed by atoms with Gasteiger partial charge in [-0.3, -0.25) is 14.7 Å². The van der Waals surface area contributed by atoms with Crippen LogP contribution < -0.4 is 10.6 Å². The lowest BCUT2D eigenvalue weighted by molar-refractivity contribution is -0.130. The molecule has 0 aliphatic carbocycles. The maximum Gasteiger partial charge on any atom is 0.243 e. The fourth-order valence-corrected chi connectivity index (χ4v) is 5.44. The Balaban J connectivity index is 2.03. The molecule has 2 rings (SSSR count). The van der Waals surface area contributed by atoms with Gasteiger partial charge in [0.05, 0.1) is 11.4 Å². The Labute approximate surface area is 244 Å². The number of nitrogens with one attached hydrogen (secondary N) is 3. The molecule has 0 saturated heterocycles. The summed E-state index contributed by atoms with van der Waals surface area (Å²) in [5.41, 5.74) is -0.339. The van der Waals surface area contributed by atoms with Gasteiger partial charge in [0.15, 0.2) is 11.5 Å². The fraction of sp³-hybridized carbons (Fsp3) is 0.786. The van der Waals surface area contributed by atoms with Crippen molar-refractivity contribution in [3.05, 3.63) is 16.5 Å². The van der Waals surface area contributed by atoms with Crippen molar-refractivity contribution < 1.29 is 18.0 Å². The topological polar surface area (TPSA) is 138 Å². The van der Waals surface area contributed by atoms with Crippen molar-refractivity contribution in [3.63, 3.8) is 0 Å². The molecule has 0 saturated carbocycles. The van der Waals surface area contributed by atoms with Crippen molar-refractivity contribution in [1.82, 2.24) is 30.4 Å². The molecule has 0 bridgehead atoms. The number of aryl methyl sites for hydroxylation is 1. The Morgan fingerprint density at radius 1 is 1.00 bits per heavy atom. The molecule has 2 heterocycles. The van der Waals surface area contributed by atoms with Crippen molar-refractivity contribution in [2.45, 2.75) is 129 Å². The fourth-order valence-electron chi connectivity index (χ4n) is 4.62. The van der Waals surface area contributed by atoms with Crippen LogP contribution in [-0.4, -0.2) is 63.6 Å². The molecule has 0 aliphatic rings. The number of unbranched alkanes of at least 4 members (excludes halogenated alkanes) is 8. The highest BCUT2D eigenvalue weighted by molar-refractivity contribution is 7.90. The highest BCUT2D eigenvalue weighted by Crippen LogP contribution is 2.35. The Morgan fingerprint density at radius 3 is 2.15 bits per heavy atom. The van der Waals surface area contributed by atoms with Gasteiger partial charge in [-0.1, -0.05) is 83.7 Å². The summed E-state index contributed by atoms with van der Waals surface area (Å²) >= 11 is 6.34. The first-order valence-corrected chi connectivity index (χ1v) is 16.9. The molecule has 1 atom stereocenters. The first-order valence-electron chi connectivity index (χ1n) is 14.5. The third-order valence-electron chi connectivity index (χ3n) is 7.96. The van der Waals surface area contributed by atoms with Crippen LogP contribution in [0.25, 0.3) is 5.65 Å². The van der Waals surface area contributed by atoms with Crippen molar-refractivity contribution in [2.24, 2.45) is 0 Å². The van der Waals surface area contributed by atoms with Crippen LogP contribution in [0.1, 0.15) is 117 Å². The summed E-state index contributed by atoms with van der Waals surface area (Å²) in [5, 5.41) is 18.0. The van der Waals surface area contributed by atoms with Crippen LogP contribution in [0.3, 0.4) is 0 Å². The minimum Gasteiger partial charge on any atom is -0.348 e. The van der Waals surface area contributed by atoms with E-state index in [1.54, 1.807) is 4.52 Å². The number of sulfone groups is 1. The highest BCUT2D eigenvalue weighted by atomic mass is 35.5. The van der Waals surface area contributed by atoms with E-state index in [4.69, 9.17) is 11.6 Å². The van der Waals surface area contributed by atoms with E-state index in [1.807, 2.05) is 34.6 Å². The molecule has 0 fully saturated rings. The van der Waals surface area contributed by atoms with Crippen molar-refractivity contribution in [2.75, 3.05) is 12.0 Å². The van der Waals surface area contributed by atoms with Gasteiger partial charge in [0.25, 0.3) is 0 Å². The second-order valence-corrected chi connectivity index (χ2v) is 14.7. The molecular formula is C28H49ClN6O4S. The number of hydrogen-bond acceptors (Lipinski definition) is 6. The number of H-pyrrole nitrogens is 1. The SMILES string of the molecule is CCCCCCCCCCCC(=O)NC(CCS(C)(=O)=O)C(=O)NC(C)(C)C(C)(C)c1nnc2c(Cl)c(C)[nH]n12. The van der Waals surface area contributed by atoms with Crippen LogP contribution in [0, 0.1) is 6.92 Å². The minimum atomic E-state index is -3.33. The number of hydrogen-bond donors (Lipinski definition) is 3. The van der Waals surface area contributed by atoms with E-state index in [2.05, 4.69) is 32.9 Å². The van der Waals surface area contributed by atoms with Gasteiger partial charge in [0.1, 0.15) is 20.9 Å². The van der Waals surface area contributed by atoms with Gasteiger partial charge in [0, 0.05) is 23.6 Å². The zero-order chi connectivity index (χ0) is 30.1. The summed E-state index contributed by atoms with van der Waals surface area (Å²) in [6.07, 6.45) is 11.7. The van der Waals surface area contributed by atoms with E-state index in [0.717, 1.165) is 31.2 Å². The number of aromatic amines is 1. The lowest BCUT2D eigenvalue weighted by Crippen LogP contribution is -2.60. The van der Waals surface area contributed by atoms with Crippen LogP contribution in [0.15, 0.2) is 0 Å². The maximum absolute atomic E-state index is 13.5. The van der Waals surface area contributed by atoms with Gasteiger partial charge in [-0.2, -0.15) is 0 Å². The van der Waals surface area contributed by atoms with Crippen LogP contribution in [-0.2, 0) is 24.8 Å². The number of rotatable bonds is 18. The maximum atomic E-state index is 13.5. The number of amides is 2. The summed E-state index contributed by atoms with van der Waals surface area (Å²) in [6, 6.07) is -0.975. The predicted molar refractivity (Wildman–Crippen MR) is 160 cm³/mol. The van der Waals surface area contributed by atoms with Gasteiger partial charge in [0.2, 0.25) is 11.8 Å². The highest BCUT2D eigenvalue weighted by Gasteiger charge is 2.44. The van der Waals surface area contributed by atoms with Gasteiger partial charge in [-0.25, -0.2) is 12.9 Å². The molecule has 0 aliphatic heterocycles. The molecule has 10 nitrogen and oxygen atoms in total. The first kappa shape index (κ1) is 34.1. The molecular weight excluding hydrogens is 552 g/mol. The number of carbonyl (C=O) groups excluding carboxylic acids is 2. The van der Waals surface area contributed by atoms with Crippen LogP contribution in [0.4, 0.5) is 0 Å². The lowest BCUT2D eigenvalue weighted by Gasteiger charge is -2.41. The quantitative estimate of drug-likeness (QED) is 0.205. The Morgan fingerprint density at radius 2 is 1.57 bits per heavy atom. The molecule has 0 radical (unpaired) electrons. The van der Waals surface area contributed by atoms with Crippen molar-refractivity contribution in [3.8, 4) is 0 Å². The second-order valence-electron chi connectivity index (χ2n) is 12.1. The Bertz CT molecular complexity index is 1230. The summed E-state index contributed by atoms with van der Waals surface area (Å²) in [5.74, 6) is -0.323. The Hall–Kier alpha value is -2.14. The zero-order valence-electron chi connectivity index (χ0n) is 25.3. The molecule has 3 N–H and O–H groups in total. The van der Waals surface area contributed by atoms with E-state index in [0.29, 0.717) is 22.9 Å². The summed E-state index contributed by atoms with van der Waals surface area (Å²) < 4.78 is 25.5. The third kappa shape index (κ3) is 9.46. The number of carbonyl (C=O) groups is 2. The minimum absolute atomic E-state index is 0.00865. The van der Waals surface area contributed by atoms with E-state index < -0.39 is 32.7 Å². The second kappa shape index (κ2) is 14.7. The first-order chi connectivity index (χ1) is 18.6. The largest absolute Gasteiger partial charge is 0.348 e. The van der Waals surface area contributed by atoms with E-state index in [-0.39, 0.29) is 18.1 Å². The standard InChI is InChI=1S/C28H49ClN6O4S/c1-8-9-10-11-12-13-14-15-16-17-22(36)30-21(18-19-40(7,38)39)25(37)31-28(5,6)27(3,4)26-33-32-24-23(29)20(2)34-35(24)26/h21,34H,8-19H2,1-7H3,(H,30,36)(H,31,37). The molecule has 2 aromatic heterocycles. The molecule has 2 aromatic rings. The normalized spacial score (nSPS) is 13.5. The number of nitrogens with zero attached hydrogens (tertiary/aromatic N) is 3. The van der Waals surface area contributed by atoms with Gasteiger partial charge >= 0.3 is 0 Å². The molecule has 12 heteroatoms. The molecule has 2 amide bonds. The summed E-state index contributed by atoms with van der Waals surface area (Å²) in [7, 11) is -3.33. The predicted octanol–water partition coefficient (Wildman–Crippen LogP) is 5.03. The Kier molecular flexibility index (Phi) is 12.5.